The number of hydrogen-bond acceptors (Lipinski definition) is 5. The molecule has 4 N–H and O–H groups in total. The summed E-state index contributed by atoms with van der Waals surface area (Å²) >= 11 is 6.28. The zero-order chi connectivity index (χ0) is 21.0. The molecule has 3 amide bonds. The highest BCUT2D eigenvalue weighted by Gasteiger charge is 2.18. The van der Waals surface area contributed by atoms with Crippen LogP contribution in [0.25, 0.3) is 17.1 Å². The van der Waals surface area contributed by atoms with Crippen LogP contribution in [0.2, 0.25) is 5.02 Å². The fourth-order valence-corrected chi connectivity index (χ4v) is 2.77. The highest BCUT2D eigenvalue weighted by atomic mass is 35.5. The lowest BCUT2D eigenvalue weighted by molar-refractivity contribution is -0.112. The van der Waals surface area contributed by atoms with Gasteiger partial charge in [0.05, 0.1) is 16.4 Å². The van der Waals surface area contributed by atoms with E-state index in [1.54, 1.807) is 62.4 Å². The van der Waals surface area contributed by atoms with E-state index in [0.717, 1.165) is 0 Å². The van der Waals surface area contributed by atoms with Crippen molar-refractivity contribution in [2.45, 2.75) is 13.8 Å². The van der Waals surface area contributed by atoms with Crippen molar-refractivity contribution < 1.29 is 9.59 Å². The Hall–Kier alpha value is -3.72. The molecule has 0 unspecified atom stereocenters. The molecule has 148 valence electrons. The molecule has 0 saturated carbocycles. The molecule has 10 heteroatoms. The van der Waals surface area contributed by atoms with E-state index in [2.05, 4.69) is 26.2 Å². The highest BCUT2D eigenvalue weighted by Crippen LogP contribution is 2.32. The molecule has 0 spiro atoms. The van der Waals surface area contributed by atoms with Crippen molar-refractivity contribution in [3.8, 4) is 17.1 Å². The van der Waals surface area contributed by atoms with Gasteiger partial charge in [-0.2, -0.15) is 4.68 Å². The monoisotopic (exact) mass is 411 g/mol. The number of halogens is 1. The average molecular weight is 412 g/mol. The average Bonchev–Trinajstić information content (AvgIpc) is 3.17. The van der Waals surface area contributed by atoms with Crippen LogP contribution in [0.3, 0.4) is 0 Å². The summed E-state index contributed by atoms with van der Waals surface area (Å²) < 4.78 is 1.44. The number of benzene rings is 2. The summed E-state index contributed by atoms with van der Waals surface area (Å²) in [6.45, 7) is 3.48. The second-order valence-electron chi connectivity index (χ2n) is 6.04. The minimum absolute atomic E-state index is 0.250. The van der Waals surface area contributed by atoms with Crippen molar-refractivity contribution in [3.63, 3.8) is 0 Å². The topological polar surface area (TPSA) is 128 Å². The van der Waals surface area contributed by atoms with Gasteiger partial charge in [-0.25, -0.2) is 4.79 Å². The smallest absolute Gasteiger partial charge is 0.316 e. The van der Waals surface area contributed by atoms with Gasteiger partial charge in [0.15, 0.2) is 5.82 Å². The van der Waals surface area contributed by atoms with Crippen LogP contribution in [0.5, 0.6) is 0 Å². The number of urea groups is 1. The Morgan fingerprint density at radius 3 is 2.62 bits per heavy atom. The molecule has 9 nitrogen and oxygen atoms in total. The minimum atomic E-state index is -0.746. The normalized spacial score (nSPS) is 11.2. The molecule has 0 aliphatic carbocycles. The maximum Gasteiger partial charge on any atom is 0.316 e. The van der Waals surface area contributed by atoms with Crippen LogP contribution in [-0.2, 0) is 4.79 Å². The molecule has 3 rings (SSSR count). The van der Waals surface area contributed by atoms with E-state index in [-0.39, 0.29) is 5.91 Å². The number of para-hydroxylation sites is 1. The molecule has 0 aliphatic rings. The maximum absolute atomic E-state index is 12.2. The molecule has 2 aromatic carbocycles. The summed E-state index contributed by atoms with van der Waals surface area (Å²) in [6.07, 6.45) is 1.71. The van der Waals surface area contributed by atoms with Crippen molar-refractivity contribution in [2.75, 3.05) is 10.6 Å². The van der Waals surface area contributed by atoms with Crippen LogP contribution < -0.4 is 16.4 Å². The number of rotatable bonds is 5. The first-order valence-corrected chi connectivity index (χ1v) is 8.97. The zero-order valence-electron chi connectivity index (χ0n) is 15.7. The van der Waals surface area contributed by atoms with Crippen LogP contribution in [0, 0.1) is 0 Å². The molecule has 0 saturated heterocycles. The first kappa shape index (κ1) is 20.0. The number of carbonyl (C=O) groups excluding carboxylic acids is 2. The number of primary amides is 1. The number of tetrazole rings is 1. The quantitative estimate of drug-likeness (QED) is 0.554. The molecule has 1 aromatic heterocycles. The largest absolute Gasteiger partial charge is 0.351 e. The van der Waals surface area contributed by atoms with Gasteiger partial charge in [0.1, 0.15) is 0 Å². The van der Waals surface area contributed by atoms with Crippen LogP contribution >= 0.6 is 11.6 Å². The van der Waals surface area contributed by atoms with Gasteiger partial charge >= 0.3 is 6.03 Å². The summed E-state index contributed by atoms with van der Waals surface area (Å²) in [6, 6.07) is 11.2. The molecular weight excluding hydrogens is 394 g/mol. The SMILES string of the molecule is C/C=C(\C)C(=O)Nc1ccc(NC(N)=O)c(-c2nnnn2-c2ccccc2Cl)c1. The van der Waals surface area contributed by atoms with E-state index in [0.29, 0.717) is 39.0 Å². The number of anilines is 2. The van der Waals surface area contributed by atoms with E-state index in [1.165, 1.54) is 4.68 Å². The minimum Gasteiger partial charge on any atom is -0.351 e. The Kier molecular flexibility index (Phi) is 5.89. The van der Waals surface area contributed by atoms with Gasteiger partial charge in [-0.05, 0) is 54.6 Å². The third-order valence-corrected chi connectivity index (χ3v) is 4.44. The Labute approximate surface area is 171 Å². The van der Waals surface area contributed by atoms with E-state index in [1.807, 2.05) is 0 Å². The number of aromatic nitrogens is 4. The fraction of sp³-hybridized carbons (Fsp3) is 0.105. The molecular formula is C19H18ClN7O2. The van der Waals surface area contributed by atoms with Crippen LogP contribution in [-0.4, -0.2) is 32.1 Å². The van der Waals surface area contributed by atoms with Crippen molar-refractivity contribution in [2.24, 2.45) is 5.73 Å². The number of hydrogen-bond donors (Lipinski definition) is 3. The molecule has 0 bridgehead atoms. The molecule has 0 radical (unpaired) electrons. The zero-order valence-corrected chi connectivity index (χ0v) is 16.4. The highest BCUT2D eigenvalue weighted by molar-refractivity contribution is 6.32. The molecule has 0 atom stereocenters. The molecule has 29 heavy (non-hydrogen) atoms. The number of nitrogens with one attached hydrogen (secondary N) is 2. The van der Waals surface area contributed by atoms with Gasteiger partial charge in [0.25, 0.3) is 5.91 Å². The van der Waals surface area contributed by atoms with Crippen LogP contribution in [0.1, 0.15) is 13.8 Å². The second kappa shape index (κ2) is 8.53. The lowest BCUT2D eigenvalue weighted by atomic mass is 10.1. The summed E-state index contributed by atoms with van der Waals surface area (Å²) in [4.78, 5) is 23.6. The van der Waals surface area contributed by atoms with Gasteiger partial charge in [-0.3, -0.25) is 4.79 Å². The van der Waals surface area contributed by atoms with Crippen LogP contribution in [0.15, 0.2) is 54.1 Å². The fourth-order valence-electron chi connectivity index (χ4n) is 2.55. The Balaban J connectivity index is 2.11. The Morgan fingerprint density at radius 1 is 1.17 bits per heavy atom. The number of carbonyl (C=O) groups is 2. The predicted octanol–water partition coefficient (Wildman–Crippen LogP) is 3.38. The van der Waals surface area contributed by atoms with Gasteiger partial charge < -0.3 is 16.4 Å². The third kappa shape index (κ3) is 4.41. The lowest BCUT2D eigenvalue weighted by Gasteiger charge is -2.13. The van der Waals surface area contributed by atoms with E-state index in [4.69, 9.17) is 17.3 Å². The van der Waals surface area contributed by atoms with E-state index in [9.17, 15) is 9.59 Å². The summed E-state index contributed by atoms with van der Waals surface area (Å²) in [5, 5.41) is 17.6. The molecule has 0 aliphatic heterocycles. The third-order valence-electron chi connectivity index (χ3n) is 4.12. The number of nitrogens with two attached hydrogens (primary N) is 1. The molecule has 0 fully saturated rings. The van der Waals surface area contributed by atoms with Gasteiger partial charge in [-0.1, -0.05) is 29.8 Å². The van der Waals surface area contributed by atoms with Gasteiger partial charge in [0, 0.05) is 16.8 Å². The van der Waals surface area contributed by atoms with Crippen molar-refractivity contribution in [3.05, 3.63) is 59.1 Å². The van der Waals surface area contributed by atoms with Crippen molar-refractivity contribution in [1.82, 2.24) is 20.2 Å². The maximum atomic E-state index is 12.2. The summed E-state index contributed by atoms with van der Waals surface area (Å²) in [5.74, 6) is 0.0560. The van der Waals surface area contributed by atoms with E-state index >= 15 is 0 Å². The van der Waals surface area contributed by atoms with Gasteiger partial charge in [0.2, 0.25) is 0 Å². The Morgan fingerprint density at radius 2 is 1.93 bits per heavy atom. The van der Waals surface area contributed by atoms with Gasteiger partial charge in [-0.15, -0.1) is 5.10 Å². The van der Waals surface area contributed by atoms with E-state index < -0.39 is 6.03 Å². The van der Waals surface area contributed by atoms with Crippen molar-refractivity contribution >= 4 is 34.9 Å². The van der Waals surface area contributed by atoms with Crippen LogP contribution in [0.4, 0.5) is 16.2 Å². The first-order valence-electron chi connectivity index (χ1n) is 8.59. The lowest BCUT2D eigenvalue weighted by Crippen LogP contribution is -2.20. The first-order chi connectivity index (χ1) is 13.9. The number of amides is 3. The van der Waals surface area contributed by atoms with Crippen molar-refractivity contribution in [1.29, 1.82) is 0 Å². The molecule has 1 heterocycles. The molecule has 3 aromatic rings. The summed E-state index contributed by atoms with van der Waals surface area (Å²) in [5.41, 5.74) is 7.73. The Bertz CT molecular complexity index is 1110. The standard InChI is InChI=1S/C19H18ClN7O2/c1-3-11(2)18(28)22-12-8-9-15(23-19(21)29)13(10-12)17-24-25-26-27(17)16-7-5-4-6-14(16)20/h3-10H,1-2H3,(H,22,28)(H3,21,23,29)/b11-3+. The summed E-state index contributed by atoms with van der Waals surface area (Å²) in [7, 11) is 0. The second-order valence-corrected chi connectivity index (χ2v) is 6.45. The predicted molar refractivity (Wildman–Crippen MR) is 111 cm³/mol. The number of allylic oxidation sites excluding steroid dienone is 1. The number of nitrogens with zero attached hydrogens (tertiary/aromatic N) is 4.